The van der Waals surface area contributed by atoms with Crippen molar-refractivity contribution >= 4 is 29.2 Å². The quantitative estimate of drug-likeness (QED) is 0.504. The van der Waals surface area contributed by atoms with Crippen molar-refractivity contribution < 1.29 is 9.21 Å². The molecule has 0 aliphatic heterocycles. The second-order valence-electron chi connectivity index (χ2n) is 7.43. The topological polar surface area (TPSA) is 91.5 Å². The monoisotopic (exact) mass is 405 g/mol. The van der Waals surface area contributed by atoms with Crippen molar-refractivity contribution in [1.82, 2.24) is 15.6 Å². The van der Waals surface area contributed by atoms with E-state index in [0.29, 0.717) is 36.4 Å². The Kier molecular flexibility index (Phi) is 7.45. The van der Waals surface area contributed by atoms with E-state index in [2.05, 4.69) is 46.7 Å². The molecule has 28 heavy (non-hydrogen) atoms. The van der Waals surface area contributed by atoms with E-state index in [1.807, 2.05) is 19.1 Å². The van der Waals surface area contributed by atoms with Gasteiger partial charge in [0.15, 0.2) is 5.96 Å². The Labute approximate surface area is 171 Å². The van der Waals surface area contributed by atoms with E-state index in [-0.39, 0.29) is 11.3 Å². The van der Waals surface area contributed by atoms with E-state index >= 15 is 0 Å². The van der Waals surface area contributed by atoms with Crippen molar-refractivity contribution in [1.29, 1.82) is 0 Å². The van der Waals surface area contributed by atoms with Gasteiger partial charge in [0.1, 0.15) is 5.76 Å². The predicted octanol–water partition coefficient (Wildman–Crippen LogP) is 3.63. The van der Waals surface area contributed by atoms with Gasteiger partial charge in [-0.3, -0.25) is 9.79 Å². The number of hydrogen-bond donors (Lipinski definition) is 3. The Hall–Kier alpha value is -2.54. The van der Waals surface area contributed by atoms with E-state index in [4.69, 9.17) is 16.0 Å². The molecule has 3 N–H and O–H groups in total. The molecule has 152 valence electrons. The van der Waals surface area contributed by atoms with Crippen LogP contribution in [0, 0.1) is 6.92 Å². The molecule has 0 spiro atoms. The number of rotatable bonds is 6. The number of hydrogen-bond acceptors (Lipinski definition) is 4. The minimum atomic E-state index is -0.101. The van der Waals surface area contributed by atoms with Gasteiger partial charge in [0, 0.05) is 36.1 Å². The Morgan fingerprint density at radius 2 is 2.04 bits per heavy atom. The van der Waals surface area contributed by atoms with E-state index in [0.717, 1.165) is 17.0 Å². The number of benzene rings is 1. The number of halogens is 1. The number of aromatic nitrogens is 1. The van der Waals surface area contributed by atoms with Crippen molar-refractivity contribution in [2.75, 3.05) is 18.9 Å². The van der Waals surface area contributed by atoms with E-state index < -0.39 is 0 Å². The van der Waals surface area contributed by atoms with Crippen molar-refractivity contribution in [2.45, 2.75) is 46.1 Å². The van der Waals surface area contributed by atoms with Gasteiger partial charge in [-0.1, -0.05) is 38.4 Å². The number of amides is 1. The second kappa shape index (κ2) is 9.59. The highest BCUT2D eigenvalue weighted by Crippen LogP contribution is 2.23. The average Bonchev–Trinajstić information content (AvgIpc) is 3.11. The molecule has 0 atom stereocenters. The maximum Gasteiger partial charge on any atom is 0.226 e. The number of nitrogens with one attached hydrogen (secondary N) is 3. The Morgan fingerprint density at radius 3 is 2.68 bits per heavy atom. The average molecular weight is 406 g/mol. The molecule has 0 saturated carbocycles. The van der Waals surface area contributed by atoms with Crippen LogP contribution in [-0.4, -0.2) is 30.4 Å². The van der Waals surface area contributed by atoms with Gasteiger partial charge >= 0.3 is 0 Å². The number of anilines is 1. The summed E-state index contributed by atoms with van der Waals surface area (Å²) in [6.45, 7) is 8.92. The van der Waals surface area contributed by atoms with Crippen molar-refractivity contribution in [3.8, 4) is 0 Å². The van der Waals surface area contributed by atoms with Gasteiger partial charge in [0.2, 0.25) is 11.8 Å². The number of carbonyl (C=O) groups is 1. The van der Waals surface area contributed by atoms with Crippen LogP contribution in [0.5, 0.6) is 0 Å². The SMILES string of the molecule is CN=C(NCCC(=O)Nc1cccc(Cl)c1C)NCc1ncc(C(C)(C)C)o1. The summed E-state index contributed by atoms with van der Waals surface area (Å²) in [5, 5.41) is 9.72. The fourth-order valence-electron chi connectivity index (χ4n) is 2.37. The molecule has 0 unspecified atom stereocenters. The van der Waals surface area contributed by atoms with Crippen LogP contribution in [0.4, 0.5) is 5.69 Å². The van der Waals surface area contributed by atoms with Crippen molar-refractivity contribution in [3.63, 3.8) is 0 Å². The molecule has 0 fully saturated rings. The minimum Gasteiger partial charge on any atom is -0.443 e. The summed E-state index contributed by atoms with van der Waals surface area (Å²) in [4.78, 5) is 20.6. The molecule has 0 aliphatic carbocycles. The fraction of sp³-hybridized carbons (Fsp3) is 0.450. The van der Waals surface area contributed by atoms with Gasteiger partial charge in [-0.2, -0.15) is 0 Å². The lowest BCUT2D eigenvalue weighted by atomic mass is 9.94. The maximum absolute atomic E-state index is 12.1. The van der Waals surface area contributed by atoms with Gasteiger partial charge in [-0.05, 0) is 24.6 Å². The summed E-state index contributed by atoms with van der Waals surface area (Å²) in [5.74, 6) is 1.89. The Bertz CT molecular complexity index is 839. The molecular weight excluding hydrogens is 378 g/mol. The summed E-state index contributed by atoms with van der Waals surface area (Å²) in [7, 11) is 1.67. The van der Waals surface area contributed by atoms with Crippen LogP contribution in [0.15, 0.2) is 33.8 Å². The summed E-state index contributed by atoms with van der Waals surface area (Å²) in [6, 6.07) is 5.43. The van der Waals surface area contributed by atoms with Gasteiger partial charge in [0.25, 0.3) is 0 Å². The normalized spacial score (nSPS) is 12.0. The zero-order chi connectivity index (χ0) is 20.7. The molecular formula is C20H28ClN5O2. The first kappa shape index (κ1) is 21.8. The number of nitrogens with zero attached hydrogens (tertiary/aromatic N) is 2. The molecule has 0 radical (unpaired) electrons. The molecule has 0 saturated heterocycles. The van der Waals surface area contributed by atoms with Crippen LogP contribution in [0.3, 0.4) is 0 Å². The largest absolute Gasteiger partial charge is 0.443 e. The predicted molar refractivity (Wildman–Crippen MR) is 113 cm³/mol. The first-order valence-corrected chi connectivity index (χ1v) is 9.53. The number of guanidine groups is 1. The third kappa shape index (κ3) is 6.27. The van der Waals surface area contributed by atoms with Gasteiger partial charge in [0.05, 0.1) is 12.7 Å². The van der Waals surface area contributed by atoms with E-state index in [1.165, 1.54) is 0 Å². The summed E-state index contributed by atoms with van der Waals surface area (Å²) >= 11 is 6.07. The zero-order valence-corrected chi connectivity index (χ0v) is 17.8. The second-order valence-corrected chi connectivity index (χ2v) is 7.84. The summed E-state index contributed by atoms with van der Waals surface area (Å²) in [6.07, 6.45) is 2.04. The third-order valence-electron chi connectivity index (χ3n) is 4.11. The number of oxazole rings is 1. The van der Waals surface area contributed by atoms with Crippen LogP contribution in [-0.2, 0) is 16.8 Å². The minimum absolute atomic E-state index is 0.0835. The maximum atomic E-state index is 12.1. The first-order chi connectivity index (χ1) is 13.2. The highest BCUT2D eigenvalue weighted by Gasteiger charge is 2.19. The smallest absolute Gasteiger partial charge is 0.226 e. The van der Waals surface area contributed by atoms with Crippen molar-refractivity contribution in [2.24, 2.45) is 4.99 Å². The molecule has 1 aromatic carbocycles. The lowest BCUT2D eigenvalue weighted by Gasteiger charge is -2.13. The summed E-state index contributed by atoms with van der Waals surface area (Å²) in [5.41, 5.74) is 1.49. The molecule has 7 nitrogen and oxygen atoms in total. The highest BCUT2D eigenvalue weighted by atomic mass is 35.5. The Balaban J connectivity index is 1.77. The molecule has 2 rings (SSSR count). The Morgan fingerprint density at radius 1 is 1.29 bits per heavy atom. The van der Waals surface area contributed by atoms with Crippen LogP contribution in [0.1, 0.15) is 44.4 Å². The van der Waals surface area contributed by atoms with Gasteiger partial charge in [-0.25, -0.2) is 4.98 Å². The summed E-state index contributed by atoms with van der Waals surface area (Å²) < 4.78 is 5.74. The first-order valence-electron chi connectivity index (χ1n) is 9.15. The van der Waals surface area contributed by atoms with Gasteiger partial charge in [-0.15, -0.1) is 0 Å². The molecule has 2 aromatic rings. The number of carbonyl (C=O) groups excluding carboxylic acids is 1. The van der Waals surface area contributed by atoms with Crippen LogP contribution < -0.4 is 16.0 Å². The fourth-order valence-corrected chi connectivity index (χ4v) is 2.54. The lowest BCUT2D eigenvalue weighted by molar-refractivity contribution is -0.116. The van der Waals surface area contributed by atoms with E-state index in [9.17, 15) is 4.79 Å². The van der Waals surface area contributed by atoms with Crippen molar-refractivity contribution in [3.05, 3.63) is 46.6 Å². The van der Waals surface area contributed by atoms with Crippen LogP contribution >= 0.6 is 11.6 Å². The molecule has 1 aromatic heterocycles. The molecule has 1 amide bonds. The zero-order valence-electron chi connectivity index (χ0n) is 17.0. The molecule has 0 bridgehead atoms. The highest BCUT2D eigenvalue weighted by molar-refractivity contribution is 6.31. The van der Waals surface area contributed by atoms with Crippen LogP contribution in [0.25, 0.3) is 0 Å². The van der Waals surface area contributed by atoms with Gasteiger partial charge < -0.3 is 20.4 Å². The lowest BCUT2D eigenvalue weighted by Crippen LogP contribution is -2.38. The molecule has 1 heterocycles. The standard InChI is InChI=1S/C20H28ClN5O2/c1-13-14(21)7-6-8-15(13)26-17(27)9-10-23-19(22-5)25-12-18-24-11-16(28-18)20(2,3)4/h6-8,11H,9-10,12H2,1-5H3,(H,26,27)(H2,22,23,25). The third-order valence-corrected chi connectivity index (χ3v) is 4.52. The number of aliphatic imine (C=N–C) groups is 1. The van der Waals surface area contributed by atoms with Crippen LogP contribution in [0.2, 0.25) is 5.02 Å². The van der Waals surface area contributed by atoms with E-state index in [1.54, 1.807) is 19.3 Å². The molecule has 0 aliphatic rings. The molecule has 8 heteroatoms.